The van der Waals surface area contributed by atoms with Gasteiger partial charge in [0.1, 0.15) is 0 Å². The predicted molar refractivity (Wildman–Crippen MR) is 104 cm³/mol. The van der Waals surface area contributed by atoms with E-state index in [2.05, 4.69) is 5.32 Å². The molecule has 144 valence electrons. The van der Waals surface area contributed by atoms with Crippen LogP contribution in [-0.2, 0) is 19.6 Å². The number of anilines is 1. The number of aryl methyl sites for hydroxylation is 1. The molecule has 0 aliphatic carbocycles. The first-order valence-electron chi connectivity index (χ1n) is 8.85. The Morgan fingerprint density at radius 2 is 1.74 bits per heavy atom. The molecule has 27 heavy (non-hydrogen) atoms. The number of benzene rings is 2. The molecule has 1 N–H and O–H groups in total. The standard InChI is InChI=1S/C20H24N2O4S/c1-14-4-6-17(7-5-14)20-12-22(15(2)13-26-20)27(24,25)19-10-8-18(9-11-19)21-16(3)23/h4-11,15,20H,12-13H2,1-3H3,(H,21,23). The monoisotopic (exact) mass is 388 g/mol. The number of sulfonamides is 1. The highest BCUT2D eigenvalue weighted by atomic mass is 32.2. The second-order valence-corrected chi connectivity index (χ2v) is 8.75. The van der Waals surface area contributed by atoms with E-state index in [4.69, 9.17) is 4.74 Å². The van der Waals surface area contributed by atoms with E-state index in [0.717, 1.165) is 11.1 Å². The molecule has 2 aromatic carbocycles. The van der Waals surface area contributed by atoms with Crippen molar-refractivity contribution in [2.24, 2.45) is 0 Å². The Bertz CT molecular complexity index is 908. The maximum Gasteiger partial charge on any atom is 0.243 e. The Morgan fingerprint density at radius 1 is 1.11 bits per heavy atom. The Labute approximate surface area is 160 Å². The van der Waals surface area contributed by atoms with Crippen LogP contribution < -0.4 is 5.32 Å². The molecule has 1 amide bonds. The number of nitrogens with zero attached hydrogens (tertiary/aromatic N) is 1. The maximum atomic E-state index is 13.1. The summed E-state index contributed by atoms with van der Waals surface area (Å²) in [7, 11) is -3.66. The average molecular weight is 388 g/mol. The van der Waals surface area contributed by atoms with Crippen LogP contribution in [-0.4, -0.2) is 37.8 Å². The van der Waals surface area contributed by atoms with Crippen molar-refractivity contribution in [1.29, 1.82) is 0 Å². The van der Waals surface area contributed by atoms with E-state index in [-0.39, 0.29) is 29.5 Å². The van der Waals surface area contributed by atoms with Crippen molar-refractivity contribution in [2.45, 2.75) is 37.8 Å². The number of hydrogen-bond acceptors (Lipinski definition) is 4. The first-order chi connectivity index (χ1) is 12.8. The van der Waals surface area contributed by atoms with Gasteiger partial charge in [-0.05, 0) is 43.7 Å². The van der Waals surface area contributed by atoms with E-state index in [1.807, 2.05) is 38.1 Å². The first kappa shape index (κ1) is 19.5. The van der Waals surface area contributed by atoms with Crippen LogP contribution in [0.15, 0.2) is 53.4 Å². The van der Waals surface area contributed by atoms with Crippen LogP contribution in [0.3, 0.4) is 0 Å². The second-order valence-electron chi connectivity index (χ2n) is 6.86. The van der Waals surface area contributed by atoms with Crippen LogP contribution in [0.4, 0.5) is 5.69 Å². The fraction of sp³-hybridized carbons (Fsp3) is 0.350. The molecule has 0 aromatic heterocycles. The van der Waals surface area contributed by atoms with Gasteiger partial charge in [0, 0.05) is 25.2 Å². The zero-order valence-corrected chi connectivity index (χ0v) is 16.5. The molecule has 6 nitrogen and oxygen atoms in total. The summed E-state index contributed by atoms with van der Waals surface area (Å²) in [6.45, 7) is 5.86. The van der Waals surface area contributed by atoms with Gasteiger partial charge in [0.25, 0.3) is 0 Å². The maximum absolute atomic E-state index is 13.1. The third kappa shape index (κ3) is 4.37. The zero-order chi connectivity index (χ0) is 19.6. The molecule has 1 saturated heterocycles. The Kier molecular flexibility index (Phi) is 5.64. The van der Waals surface area contributed by atoms with Crippen molar-refractivity contribution in [3.8, 4) is 0 Å². The number of carbonyl (C=O) groups is 1. The summed E-state index contributed by atoms with van der Waals surface area (Å²) in [5, 5.41) is 2.64. The minimum absolute atomic E-state index is 0.201. The van der Waals surface area contributed by atoms with Gasteiger partial charge in [-0.1, -0.05) is 29.8 Å². The molecule has 0 bridgehead atoms. The van der Waals surface area contributed by atoms with Crippen LogP contribution in [0.25, 0.3) is 0 Å². The summed E-state index contributed by atoms with van der Waals surface area (Å²) < 4.78 is 33.7. The molecular formula is C20H24N2O4S. The number of amides is 1. The van der Waals surface area contributed by atoms with Crippen molar-refractivity contribution >= 4 is 21.6 Å². The molecule has 1 fully saturated rings. The Hall–Kier alpha value is -2.22. The van der Waals surface area contributed by atoms with Crippen LogP contribution in [0.2, 0.25) is 0 Å². The first-order valence-corrected chi connectivity index (χ1v) is 10.3. The van der Waals surface area contributed by atoms with Crippen LogP contribution in [0.1, 0.15) is 31.1 Å². The highest BCUT2D eigenvalue weighted by Gasteiger charge is 2.36. The number of hydrogen-bond donors (Lipinski definition) is 1. The zero-order valence-electron chi connectivity index (χ0n) is 15.7. The van der Waals surface area contributed by atoms with Gasteiger partial charge < -0.3 is 10.1 Å². The Balaban J connectivity index is 1.83. The fourth-order valence-corrected chi connectivity index (χ4v) is 4.72. The lowest BCUT2D eigenvalue weighted by atomic mass is 10.1. The lowest BCUT2D eigenvalue weighted by Gasteiger charge is -2.37. The Morgan fingerprint density at radius 3 is 2.33 bits per heavy atom. The summed E-state index contributed by atoms with van der Waals surface area (Å²) in [5.74, 6) is -0.201. The number of ether oxygens (including phenoxy) is 1. The van der Waals surface area contributed by atoms with Crippen LogP contribution in [0, 0.1) is 6.92 Å². The third-order valence-electron chi connectivity index (χ3n) is 4.61. The van der Waals surface area contributed by atoms with E-state index < -0.39 is 10.0 Å². The molecule has 1 aliphatic heterocycles. The number of nitrogens with one attached hydrogen (secondary N) is 1. The van der Waals surface area contributed by atoms with Crippen molar-refractivity contribution in [3.05, 3.63) is 59.7 Å². The van der Waals surface area contributed by atoms with E-state index in [9.17, 15) is 13.2 Å². The van der Waals surface area contributed by atoms with Gasteiger partial charge >= 0.3 is 0 Å². The third-order valence-corrected chi connectivity index (χ3v) is 6.60. The molecule has 0 saturated carbocycles. The van der Waals surface area contributed by atoms with E-state index >= 15 is 0 Å². The summed E-state index contributed by atoms with van der Waals surface area (Å²) in [4.78, 5) is 11.3. The molecule has 1 aliphatic rings. The van der Waals surface area contributed by atoms with Crippen LogP contribution >= 0.6 is 0 Å². The summed E-state index contributed by atoms with van der Waals surface area (Å²) in [5.41, 5.74) is 2.68. The molecule has 3 rings (SSSR count). The summed E-state index contributed by atoms with van der Waals surface area (Å²) in [6, 6.07) is 13.9. The highest BCUT2D eigenvalue weighted by molar-refractivity contribution is 7.89. The van der Waals surface area contributed by atoms with Gasteiger partial charge in [-0.15, -0.1) is 0 Å². The highest BCUT2D eigenvalue weighted by Crippen LogP contribution is 2.30. The average Bonchev–Trinajstić information content (AvgIpc) is 2.63. The smallest absolute Gasteiger partial charge is 0.243 e. The number of morpholine rings is 1. The molecule has 2 unspecified atom stereocenters. The molecule has 0 spiro atoms. The number of rotatable bonds is 4. The van der Waals surface area contributed by atoms with Crippen LogP contribution in [0.5, 0.6) is 0 Å². The van der Waals surface area contributed by atoms with Gasteiger partial charge in [0.15, 0.2) is 0 Å². The van der Waals surface area contributed by atoms with Crippen molar-refractivity contribution in [3.63, 3.8) is 0 Å². The van der Waals surface area contributed by atoms with Gasteiger partial charge in [0.2, 0.25) is 15.9 Å². The molecule has 1 heterocycles. The minimum Gasteiger partial charge on any atom is -0.370 e. The summed E-state index contributed by atoms with van der Waals surface area (Å²) in [6.07, 6.45) is -0.296. The van der Waals surface area contributed by atoms with E-state index in [1.54, 1.807) is 12.1 Å². The fourth-order valence-electron chi connectivity index (χ4n) is 3.10. The molecule has 7 heteroatoms. The summed E-state index contributed by atoms with van der Waals surface area (Å²) >= 11 is 0. The lowest BCUT2D eigenvalue weighted by molar-refractivity contribution is -0.114. The van der Waals surface area contributed by atoms with Gasteiger partial charge in [-0.2, -0.15) is 4.31 Å². The molecule has 2 atom stereocenters. The van der Waals surface area contributed by atoms with Crippen molar-refractivity contribution in [2.75, 3.05) is 18.5 Å². The predicted octanol–water partition coefficient (Wildman–Crippen LogP) is 3.10. The molecule has 2 aromatic rings. The lowest BCUT2D eigenvalue weighted by Crippen LogP contribution is -2.48. The van der Waals surface area contributed by atoms with Gasteiger partial charge in [-0.3, -0.25) is 4.79 Å². The van der Waals surface area contributed by atoms with Gasteiger partial charge in [0.05, 0.1) is 17.6 Å². The largest absolute Gasteiger partial charge is 0.370 e. The van der Waals surface area contributed by atoms with E-state index in [0.29, 0.717) is 12.3 Å². The van der Waals surface area contributed by atoms with Gasteiger partial charge in [-0.25, -0.2) is 8.42 Å². The molecular weight excluding hydrogens is 364 g/mol. The van der Waals surface area contributed by atoms with E-state index in [1.165, 1.54) is 23.4 Å². The topological polar surface area (TPSA) is 75.7 Å². The SMILES string of the molecule is CC(=O)Nc1ccc(S(=O)(=O)N2CC(c3ccc(C)cc3)OCC2C)cc1. The minimum atomic E-state index is -3.66. The van der Waals surface area contributed by atoms with Crippen molar-refractivity contribution < 1.29 is 17.9 Å². The quantitative estimate of drug-likeness (QED) is 0.873. The molecule has 0 radical (unpaired) electrons. The van der Waals surface area contributed by atoms with Crippen molar-refractivity contribution in [1.82, 2.24) is 4.31 Å². The second kappa shape index (κ2) is 7.80. The normalized spacial score (nSPS) is 21.0. The number of carbonyl (C=O) groups excluding carboxylic acids is 1.